The number of carboxylic acids is 1. The van der Waals surface area contributed by atoms with Crippen LogP contribution in [0.5, 0.6) is 5.75 Å². The van der Waals surface area contributed by atoms with Crippen LogP contribution < -0.4 is 4.74 Å². The largest absolute Gasteiger partial charge is 0.479 e. The molecule has 3 aromatic carbocycles. The fourth-order valence-electron chi connectivity index (χ4n) is 3.91. The number of aliphatic carboxylic acids is 1. The third-order valence-electron chi connectivity index (χ3n) is 5.47. The highest BCUT2D eigenvalue weighted by atomic mass is 32.2. The van der Waals surface area contributed by atoms with Gasteiger partial charge in [-0.25, -0.2) is 4.79 Å². The van der Waals surface area contributed by atoms with Crippen LogP contribution in [0.25, 0.3) is 11.0 Å². The van der Waals surface area contributed by atoms with Gasteiger partial charge in [-0.05, 0) is 47.1 Å². The van der Waals surface area contributed by atoms with Gasteiger partial charge in [-0.1, -0.05) is 72.8 Å². The number of thioether (sulfide) groups is 1. The molecule has 4 nitrogen and oxygen atoms in total. The van der Waals surface area contributed by atoms with Gasteiger partial charge in [-0.15, -0.1) is 0 Å². The van der Waals surface area contributed by atoms with Crippen LogP contribution in [0, 0.1) is 0 Å². The van der Waals surface area contributed by atoms with Crippen molar-refractivity contribution in [1.29, 1.82) is 0 Å². The normalized spacial score (nSPS) is 11.2. The maximum atomic E-state index is 10.8. The average molecular weight is 447 g/mol. The van der Waals surface area contributed by atoms with Crippen molar-refractivity contribution >= 4 is 28.7 Å². The van der Waals surface area contributed by atoms with Crippen molar-refractivity contribution in [3.05, 3.63) is 102 Å². The van der Waals surface area contributed by atoms with Crippen LogP contribution in [0.3, 0.4) is 0 Å². The smallest absolute Gasteiger partial charge is 0.341 e. The second kappa shape index (κ2) is 10.9. The Labute approximate surface area is 192 Å². The maximum absolute atomic E-state index is 10.8. The first-order valence-corrected chi connectivity index (χ1v) is 11.9. The molecule has 0 saturated carbocycles. The van der Waals surface area contributed by atoms with Gasteiger partial charge in [0.1, 0.15) is 0 Å². The molecule has 0 radical (unpaired) electrons. The van der Waals surface area contributed by atoms with E-state index in [9.17, 15) is 4.79 Å². The lowest BCUT2D eigenvalue weighted by molar-refractivity contribution is -0.139. The summed E-state index contributed by atoms with van der Waals surface area (Å²) in [6.07, 6.45) is 3.73. The van der Waals surface area contributed by atoms with Crippen molar-refractivity contribution in [3.63, 3.8) is 0 Å². The maximum Gasteiger partial charge on any atom is 0.341 e. The highest BCUT2D eigenvalue weighted by Gasteiger charge is 2.14. The van der Waals surface area contributed by atoms with E-state index in [-0.39, 0.29) is 6.61 Å². The lowest BCUT2D eigenvalue weighted by Crippen LogP contribution is -2.09. The molecule has 0 bridgehead atoms. The van der Waals surface area contributed by atoms with Gasteiger partial charge in [0.15, 0.2) is 17.9 Å². The highest BCUT2D eigenvalue weighted by molar-refractivity contribution is 7.99. The number of rotatable bonds is 11. The van der Waals surface area contributed by atoms with E-state index in [0.29, 0.717) is 17.3 Å². The van der Waals surface area contributed by atoms with E-state index in [1.807, 2.05) is 23.9 Å². The first-order valence-electron chi connectivity index (χ1n) is 10.7. The molecular formula is C27H26O4S. The summed E-state index contributed by atoms with van der Waals surface area (Å²) in [5.41, 5.74) is 4.45. The summed E-state index contributed by atoms with van der Waals surface area (Å²) in [6, 6.07) is 27.0. The number of benzene rings is 3. The zero-order valence-corrected chi connectivity index (χ0v) is 18.6. The van der Waals surface area contributed by atoms with Crippen LogP contribution in [-0.4, -0.2) is 29.2 Å². The molecule has 0 spiro atoms. The van der Waals surface area contributed by atoms with Crippen molar-refractivity contribution < 1.29 is 19.1 Å². The Morgan fingerprint density at radius 2 is 1.59 bits per heavy atom. The molecule has 1 heterocycles. The Morgan fingerprint density at radius 3 is 2.25 bits per heavy atom. The summed E-state index contributed by atoms with van der Waals surface area (Å²) in [7, 11) is 0. The number of furan rings is 1. The predicted octanol–water partition coefficient (Wildman–Crippen LogP) is 6.39. The van der Waals surface area contributed by atoms with Crippen LogP contribution in [0.4, 0.5) is 0 Å². The van der Waals surface area contributed by atoms with Gasteiger partial charge < -0.3 is 14.3 Å². The molecule has 1 N–H and O–H groups in total. The quantitative estimate of drug-likeness (QED) is 0.270. The summed E-state index contributed by atoms with van der Waals surface area (Å²) in [5, 5.41) is 9.83. The predicted molar refractivity (Wildman–Crippen MR) is 130 cm³/mol. The zero-order chi connectivity index (χ0) is 22.2. The first kappa shape index (κ1) is 22.0. The standard InChI is InChI=1S/C27H26O4S/c28-26(29)19-30-25-13-7-12-24-22(18-31-27(24)25)14-16-32-17-15-23(20-8-3-1-4-9-20)21-10-5-2-6-11-21/h1-13,18,23H,14-17,19H2,(H,28,29). The lowest BCUT2D eigenvalue weighted by Gasteiger charge is -2.18. The molecule has 5 heteroatoms. The molecule has 1 aromatic heterocycles. The van der Waals surface area contributed by atoms with Crippen LogP contribution in [0.2, 0.25) is 0 Å². The number of hydrogen-bond donors (Lipinski definition) is 1. The summed E-state index contributed by atoms with van der Waals surface area (Å²) in [6.45, 7) is -0.380. The van der Waals surface area contributed by atoms with E-state index in [0.717, 1.165) is 35.3 Å². The van der Waals surface area contributed by atoms with Crippen LogP contribution in [0.1, 0.15) is 29.0 Å². The van der Waals surface area contributed by atoms with Gasteiger partial charge in [0.25, 0.3) is 0 Å². The minimum absolute atomic E-state index is 0.380. The number of carbonyl (C=O) groups is 1. The Bertz CT molecular complexity index is 1100. The third kappa shape index (κ3) is 5.54. The van der Waals surface area contributed by atoms with E-state index in [1.54, 1.807) is 12.3 Å². The van der Waals surface area contributed by atoms with E-state index in [1.165, 1.54) is 11.1 Å². The van der Waals surface area contributed by atoms with E-state index in [2.05, 4.69) is 60.7 Å². The molecular weight excluding hydrogens is 420 g/mol. The summed E-state index contributed by atoms with van der Waals surface area (Å²) in [4.78, 5) is 10.8. The minimum Gasteiger partial charge on any atom is -0.479 e. The second-order valence-electron chi connectivity index (χ2n) is 7.60. The first-order chi connectivity index (χ1) is 15.7. The van der Waals surface area contributed by atoms with E-state index >= 15 is 0 Å². The molecule has 0 unspecified atom stereocenters. The Morgan fingerprint density at radius 1 is 0.906 bits per heavy atom. The molecule has 4 rings (SSSR count). The van der Waals surface area contributed by atoms with E-state index < -0.39 is 5.97 Å². The Kier molecular flexibility index (Phi) is 7.51. The van der Waals surface area contributed by atoms with E-state index in [4.69, 9.17) is 14.3 Å². The van der Waals surface area contributed by atoms with Crippen molar-refractivity contribution in [2.75, 3.05) is 18.1 Å². The molecule has 0 fully saturated rings. The molecule has 0 aliphatic rings. The fourth-order valence-corrected chi connectivity index (χ4v) is 4.88. The molecule has 0 aliphatic heterocycles. The Balaban J connectivity index is 1.34. The van der Waals surface area contributed by atoms with Gasteiger partial charge in [-0.3, -0.25) is 0 Å². The topological polar surface area (TPSA) is 59.7 Å². The van der Waals surface area contributed by atoms with Gasteiger partial charge in [0.2, 0.25) is 0 Å². The lowest BCUT2D eigenvalue weighted by atomic mass is 9.89. The van der Waals surface area contributed by atoms with Gasteiger partial charge in [0, 0.05) is 11.3 Å². The SMILES string of the molecule is O=C(O)COc1cccc2c(CCSCCC(c3ccccc3)c3ccccc3)coc12. The van der Waals surface area contributed by atoms with Crippen molar-refractivity contribution in [2.45, 2.75) is 18.8 Å². The molecule has 32 heavy (non-hydrogen) atoms. The molecule has 0 aliphatic carbocycles. The van der Waals surface area contributed by atoms with Gasteiger partial charge in [0.05, 0.1) is 6.26 Å². The Hall–Kier alpha value is -3.18. The van der Waals surface area contributed by atoms with Crippen molar-refractivity contribution in [1.82, 2.24) is 0 Å². The number of carboxylic acid groups (broad SMARTS) is 1. The molecule has 0 amide bonds. The van der Waals surface area contributed by atoms with Crippen LogP contribution >= 0.6 is 11.8 Å². The fraction of sp³-hybridized carbons (Fsp3) is 0.222. The van der Waals surface area contributed by atoms with Crippen molar-refractivity contribution in [3.8, 4) is 5.75 Å². The number of ether oxygens (including phenoxy) is 1. The third-order valence-corrected chi connectivity index (χ3v) is 6.48. The summed E-state index contributed by atoms with van der Waals surface area (Å²) >= 11 is 1.95. The number of aryl methyl sites for hydroxylation is 1. The molecule has 164 valence electrons. The summed E-state index contributed by atoms with van der Waals surface area (Å²) in [5.74, 6) is 1.92. The van der Waals surface area contributed by atoms with Crippen molar-refractivity contribution in [2.24, 2.45) is 0 Å². The van der Waals surface area contributed by atoms with Gasteiger partial charge in [-0.2, -0.15) is 11.8 Å². The zero-order valence-electron chi connectivity index (χ0n) is 17.8. The summed E-state index contributed by atoms with van der Waals surface area (Å²) < 4.78 is 11.0. The van der Waals surface area contributed by atoms with Crippen LogP contribution in [-0.2, 0) is 11.2 Å². The molecule has 0 saturated heterocycles. The second-order valence-corrected chi connectivity index (χ2v) is 8.83. The molecule has 4 aromatic rings. The minimum atomic E-state index is -1.01. The molecule has 0 atom stereocenters. The van der Waals surface area contributed by atoms with Crippen LogP contribution in [0.15, 0.2) is 89.5 Å². The average Bonchev–Trinajstić information content (AvgIpc) is 3.25. The number of hydrogen-bond acceptors (Lipinski definition) is 4. The number of fused-ring (bicyclic) bond motifs is 1. The monoisotopic (exact) mass is 446 g/mol. The number of para-hydroxylation sites is 1. The van der Waals surface area contributed by atoms with Gasteiger partial charge >= 0.3 is 5.97 Å². The highest BCUT2D eigenvalue weighted by Crippen LogP contribution is 2.32.